The Morgan fingerprint density at radius 3 is 2.81 bits per heavy atom. The molecule has 0 saturated carbocycles. The van der Waals surface area contributed by atoms with Gasteiger partial charge in [0.2, 0.25) is 5.56 Å². The van der Waals surface area contributed by atoms with E-state index < -0.39 is 0 Å². The van der Waals surface area contributed by atoms with Crippen LogP contribution >= 0.6 is 0 Å². The minimum Gasteiger partial charge on any atom is -0.351 e. The van der Waals surface area contributed by atoms with E-state index in [1.54, 1.807) is 12.1 Å². The van der Waals surface area contributed by atoms with Gasteiger partial charge in [0.15, 0.2) is 0 Å². The van der Waals surface area contributed by atoms with Gasteiger partial charge in [-0.2, -0.15) is 0 Å². The Bertz CT molecular complexity index is 385. The number of amides is 1. The quantitative estimate of drug-likeness (QED) is 0.719. The molecule has 1 amide bonds. The number of aromatic amines is 1. The molecule has 2 N–H and O–H groups in total. The zero-order valence-electron chi connectivity index (χ0n) is 9.58. The van der Waals surface area contributed by atoms with Gasteiger partial charge in [-0.1, -0.05) is 32.3 Å². The van der Waals surface area contributed by atoms with Crippen LogP contribution in [-0.4, -0.2) is 17.4 Å². The van der Waals surface area contributed by atoms with Crippen LogP contribution in [0.2, 0.25) is 0 Å². The summed E-state index contributed by atoms with van der Waals surface area (Å²) in [7, 11) is 0. The number of hydrogen-bond donors (Lipinski definition) is 2. The Balaban J connectivity index is 2.33. The van der Waals surface area contributed by atoms with Crippen LogP contribution in [0.1, 0.15) is 43.1 Å². The van der Waals surface area contributed by atoms with Crippen LogP contribution in [0.3, 0.4) is 0 Å². The normalized spacial score (nSPS) is 10.1. The maximum absolute atomic E-state index is 11.5. The van der Waals surface area contributed by atoms with Gasteiger partial charge >= 0.3 is 0 Å². The highest BCUT2D eigenvalue weighted by Crippen LogP contribution is 1.97. The summed E-state index contributed by atoms with van der Waals surface area (Å²) in [6.07, 6.45) is 4.48. The predicted molar refractivity (Wildman–Crippen MR) is 63.5 cm³/mol. The molecule has 0 fully saturated rings. The van der Waals surface area contributed by atoms with Crippen molar-refractivity contribution in [2.24, 2.45) is 0 Å². The number of unbranched alkanes of at least 4 members (excludes halogenated alkanes) is 3. The SMILES string of the molecule is CCCCCCNC(=O)c1cccc(=O)[nH]1. The molecule has 88 valence electrons. The second-order valence-electron chi connectivity index (χ2n) is 3.75. The van der Waals surface area contributed by atoms with Crippen molar-refractivity contribution in [2.45, 2.75) is 32.6 Å². The molecule has 1 rings (SSSR count). The van der Waals surface area contributed by atoms with Crippen LogP contribution in [-0.2, 0) is 0 Å². The second kappa shape index (κ2) is 6.82. The predicted octanol–water partition coefficient (Wildman–Crippen LogP) is 1.68. The average Bonchev–Trinajstić information content (AvgIpc) is 2.28. The summed E-state index contributed by atoms with van der Waals surface area (Å²) < 4.78 is 0. The molecule has 1 heterocycles. The third kappa shape index (κ3) is 4.29. The van der Waals surface area contributed by atoms with Crippen molar-refractivity contribution in [3.63, 3.8) is 0 Å². The van der Waals surface area contributed by atoms with E-state index in [2.05, 4.69) is 17.2 Å². The van der Waals surface area contributed by atoms with Gasteiger partial charge in [-0.15, -0.1) is 0 Å². The van der Waals surface area contributed by atoms with E-state index in [0.29, 0.717) is 12.2 Å². The monoisotopic (exact) mass is 222 g/mol. The highest BCUT2D eigenvalue weighted by Gasteiger charge is 2.04. The Morgan fingerprint density at radius 1 is 1.31 bits per heavy atom. The van der Waals surface area contributed by atoms with Crippen LogP contribution in [0.15, 0.2) is 23.0 Å². The lowest BCUT2D eigenvalue weighted by Gasteiger charge is -2.04. The fraction of sp³-hybridized carbons (Fsp3) is 0.500. The zero-order chi connectivity index (χ0) is 11.8. The minimum absolute atomic E-state index is 0.214. The molecule has 4 heteroatoms. The summed E-state index contributed by atoms with van der Waals surface area (Å²) in [6.45, 7) is 2.81. The van der Waals surface area contributed by atoms with Gasteiger partial charge in [-0.25, -0.2) is 0 Å². The van der Waals surface area contributed by atoms with Crippen molar-refractivity contribution in [1.29, 1.82) is 0 Å². The molecule has 0 radical (unpaired) electrons. The first-order valence-electron chi connectivity index (χ1n) is 5.71. The van der Waals surface area contributed by atoms with Gasteiger partial charge in [0.1, 0.15) is 5.69 Å². The Hall–Kier alpha value is -1.58. The van der Waals surface area contributed by atoms with Gasteiger partial charge in [-0.3, -0.25) is 9.59 Å². The van der Waals surface area contributed by atoms with E-state index >= 15 is 0 Å². The van der Waals surface area contributed by atoms with Gasteiger partial charge in [-0.05, 0) is 12.5 Å². The lowest BCUT2D eigenvalue weighted by Crippen LogP contribution is -2.27. The fourth-order valence-electron chi connectivity index (χ4n) is 1.43. The molecule has 0 saturated heterocycles. The maximum atomic E-state index is 11.5. The smallest absolute Gasteiger partial charge is 0.267 e. The van der Waals surface area contributed by atoms with E-state index in [9.17, 15) is 9.59 Å². The molecular formula is C12H18N2O2. The minimum atomic E-state index is -0.251. The van der Waals surface area contributed by atoms with E-state index in [-0.39, 0.29) is 11.5 Å². The third-order valence-corrected chi connectivity index (χ3v) is 2.33. The third-order valence-electron chi connectivity index (χ3n) is 2.33. The topological polar surface area (TPSA) is 62.0 Å². The average molecular weight is 222 g/mol. The molecule has 0 unspecified atom stereocenters. The second-order valence-corrected chi connectivity index (χ2v) is 3.75. The molecule has 1 aromatic rings. The lowest BCUT2D eigenvalue weighted by atomic mass is 10.2. The first-order valence-corrected chi connectivity index (χ1v) is 5.71. The number of H-pyrrole nitrogens is 1. The van der Waals surface area contributed by atoms with Crippen molar-refractivity contribution in [2.75, 3.05) is 6.54 Å². The Kier molecular flexibility index (Phi) is 5.32. The summed E-state index contributed by atoms with van der Waals surface area (Å²) in [4.78, 5) is 25.0. The molecule has 0 aliphatic rings. The number of aromatic nitrogens is 1. The molecule has 0 atom stereocenters. The van der Waals surface area contributed by atoms with E-state index in [1.165, 1.54) is 18.9 Å². The van der Waals surface area contributed by atoms with Gasteiger partial charge in [0.25, 0.3) is 5.91 Å². The number of carbonyl (C=O) groups excluding carboxylic acids is 1. The fourth-order valence-corrected chi connectivity index (χ4v) is 1.43. The van der Waals surface area contributed by atoms with Crippen LogP contribution in [0, 0.1) is 0 Å². The van der Waals surface area contributed by atoms with Crippen molar-refractivity contribution in [3.05, 3.63) is 34.2 Å². The Morgan fingerprint density at radius 2 is 2.12 bits per heavy atom. The molecule has 0 aliphatic heterocycles. The summed E-state index contributed by atoms with van der Waals surface area (Å²) in [5, 5.41) is 2.78. The van der Waals surface area contributed by atoms with E-state index in [4.69, 9.17) is 0 Å². The first-order chi connectivity index (χ1) is 7.74. The summed E-state index contributed by atoms with van der Waals surface area (Å²) in [6, 6.07) is 4.56. The van der Waals surface area contributed by atoms with Crippen LogP contribution in [0.25, 0.3) is 0 Å². The van der Waals surface area contributed by atoms with E-state index in [0.717, 1.165) is 12.8 Å². The molecule has 0 spiro atoms. The van der Waals surface area contributed by atoms with Crippen LogP contribution in [0.4, 0.5) is 0 Å². The van der Waals surface area contributed by atoms with Crippen molar-refractivity contribution >= 4 is 5.91 Å². The number of hydrogen-bond acceptors (Lipinski definition) is 2. The van der Waals surface area contributed by atoms with Crippen LogP contribution in [0.5, 0.6) is 0 Å². The van der Waals surface area contributed by atoms with Gasteiger partial charge in [0, 0.05) is 12.6 Å². The lowest BCUT2D eigenvalue weighted by molar-refractivity contribution is 0.0947. The Labute approximate surface area is 95.1 Å². The van der Waals surface area contributed by atoms with Crippen LogP contribution < -0.4 is 10.9 Å². The molecule has 0 aliphatic carbocycles. The maximum Gasteiger partial charge on any atom is 0.267 e. The zero-order valence-corrected chi connectivity index (χ0v) is 9.58. The summed E-state index contributed by atoms with van der Waals surface area (Å²) in [5.74, 6) is -0.214. The molecule has 0 bridgehead atoms. The van der Waals surface area contributed by atoms with Crippen molar-refractivity contribution in [1.82, 2.24) is 10.3 Å². The highest BCUT2D eigenvalue weighted by atomic mass is 16.2. The molecule has 0 aromatic carbocycles. The number of pyridine rings is 1. The molecule has 1 aromatic heterocycles. The van der Waals surface area contributed by atoms with E-state index in [1.807, 2.05) is 0 Å². The molecule has 4 nitrogen and oxygen atoms in total. The summed E-state index contributed by atoms with van der Waals surface area (Å²) in [5.41, 5.74) is 0.0709. The highest BCUT2D eigenvalue weighted by molar-refractivity contribution is 5.92. The molecular weight excluding hydrogens is 204 g/mol. The van der Waals surface area contributed by atoms with Gasteiger partial charge < -0.3 is 10.3 Å². The van der Waals surface area contributed by atoms with Gasteiger partial charge in [0.05, 0.1) is 0 Å². The van der Waals surface area contributed by atoms with Crippen molar-refractivity contribution in [3.8, 4) is 0 Å². The standard InChI is InChI=1S/C12H18N2O2/c1-2-3-4-5-9-13-12(16)10-7-6-8-11(15)14-10/h6-8H,2-5,9H2,1H3,(H,13,16)(H,14,15). The van der Waals surface area contributed by atoms with Crippen molar-refractivity contribution < 1.29 is 4.79 Å². The molecule has 16 heavy (non-hydrogen) atoms. The largest absolute Gasteiger partial charge is 0.351 e. The summed E-state index contributed by atoms with van der Waals surface area (Å²) >= 11 is 0. The number of carbonyl (C=O) groups is 1. The number of rotatable bonds is 6. The first kappa shape index (κ1) is 12.5. The number of nitrogens with one attached hydrogen (secondary N) is 2.